The number of ether oxygens (including phenoxy) is 1. The molecule has 11 nitrogen and oxygen atoms in total. The lowest BCUT2D eigenvalue weighted by Gasteiger charge is -2.31. The van der Waals surface area contributed by atoms with Crippen molar-refractivity contribution in [3.8, 4) is 0 Å². The van der Waals surface area contributed by atoms with Crippen LogP contribution in [0.15, 0.2) is 38.8 Å². The van der Waals surface area contributed by atoms with E-state index in [0.29, 0.717) is 24.1 Å². The number of aromatic amines is 2. The van der Waals surface area contributed by atoms with Crippen molar-refractivity contribution in [2.45, 2.75) is 31.6 Å². The number of rotatable bonds is 6. The topological polar surface area (TPSA) is 158 Å². The Morgan fingerprint density at radius 1 is 1.19 bits per heavy atom. The summed E-state index contributed by atoms with van der Waals surface area (Å²) in [5.74, 6) is -1.47. The number of amides is 1. The van der Waals surface area contributed by atoms with Crippen LogP contribution in [-0.4, -0.2) is 54.3 Å². The van der Waals surface area contributed by atoms with Gasteiger partial charge in [0.15, 0.2) is 4.90 Å². The lowest BCUT2D eigenvalue weighted by Crippen LogP contribution is -2.45. The molecule has 2 heterocycles. The van der Waals surface area contributed by atoms with Crippen molar-refractivity contribution in [2.75, 3.05) is 25.0 Å². The van der Waals surface area contributed by atoms with E-state index in [4.69, 9.17) is 4.74 Å². The fourth-order valence-electron chi connectivity index (χ4n) is 3.55. The van der Waals surface area contributed by atoms with Gasteiger partial charge in [-0.25, -0.2) is 18.0 Å². The number of anilines is 1. The van der Waals surface area contributed by atoms with E-state index >= 15 is 0 Å². The zero-order valence-electron chi connectivity index (χ0n) is 17.6. The van der Waals surface area contributed by atoms with Crippen molar-refractivity contribution in [1.29, 1.82) is 0 Å². The van der Waals surface area contributed by atoms with Crippen molar-refractivity contribution in [3.05, 3.63) is 56.4 Å². The van der Waals surface area contributed by atoms with E-state index in [1.165, 1.54) is 19.1 Å². The Morgan fingerprint density at radius 2 is 1.88 bits per heavy atom. The van der Waals surface area contributed by atoms with E-state index in [1.807, 2.05) is 4.98 Å². The van der Waals surface area contributed by atoms with Gasteiger partial charge < -0.3 is 15.0 Å². The fraction of sp³-hybridized carbons (Fsp3) is 0.400. The molecule has 32 heavy (non-hydrogen) atoms. The number of piperidine rings is 1. The molecule has 12 heteroatoms. The minimum atomic E-state index is -4.21. The summed E-state index contributed by atoms with van der Waals surface area (Å²) < 4.78 is 32.1. The zero-order chi connectivity index (χ0) is 23.5. The maximum absolute atomic E-state index is 13.0. The highest BCUT2D eigenvalue weighted by Crippen LogP contribution is 2.24. The first-order valence-corrected chi connectivity index (χ1v) is 11.5. The molecule has 0 radical (unpaired) electrons. The van der Waals surface area contributed by atoms with Gasteiger partial charge in [-0.1, -0.05) is 0 Å². The van der Waals surface area contributed by atoms with Gasteiger partial charge in [-0.3, -0.25) is 14.6 Å². The van der Waals surface area contributed by atoms with Crippen LogP contribution in [0.2, 0.25) is 0 Å². The largest absolute Gasteiger partial charge is 0.462 e. The molecule has 1 fully saturated rings. The molecule has 0 saturated carbocycles. The van der Waals surface area contributed by atoms with E-state index in [1.54, 1.807) is 19.1 Å². The van der Waals surface area contributed by atoms with Crippen LogP contribution >= 0.6 is 0 Å². The maximum atomic E-state index is 13.0. The molecule has 0 spiro atoms. The smallest absolute Gasteiger partial charge is 0.338 e. The van der Waals surface area contributed by atoms with Gasteiger partial charge in [-0.05, 0) is 51.0 Å². The first-order chi connectivity index (χ1) is 15.1. The summed E-state index contributed by atoms with van der Waals surface area (Å²) in [4.78, 5) is 51.6. The number of hydrogen-bond donors (Lipinski definition) is 3. The number of aryl methyl sites for hydroxylation is 1. The van der Waals surface area contributed by atoms with Crippen molar-refractivity contribution in [2.24, 2.45) is 5.92 Å². The van der Waals surface area contributed by atoms with E-state index in [-0.39, 0.29) is 31.3 Å². The molecule has 3 N–H and O–H groups in total. The summed E-state index contributed by atoms with van der Waals surface area (Å²) >= 11 is 0. The summed E-state index contributed by atoms with van der Waals surface area (Å²) in [6.45, 7) is 3.33. The monoisotopic (exact) mass is 464 g/mol. The SMILES string of the molecule is CCOC(=O)c1ccc(NC(=O)C2CCCN(S(=O)(=O)c3c(C)[nH]c(=O)[nH]c3=O)C2)cc1. The number of aromatic nitrogens is 2. The van der Waals surface area contributed by atoms with Crippen molar-refractivity contribution in [3.63, 3.8) is 0 Å². The Balaban J connectivity index is 1.73. The number of sulfonamides is 1. The standard InChI is InChI=1S/C20H24N4O7S/c1-3-31-19(27)13-6-8-15(9-7-13)22-17(25)14-5-4-10-24(11-14)32(29,30)16-12(2)21-20(28)23-18(16)26/h6-9,14H,3-5,10-11H2,1-2H3,(H,22,25)(H2,21,23,26,28). The molecule has 0 bridgehead atoms. The molecule has 3 rings (SSSR count). The van der Waals surface area contributed by atoms with Gasteiger partial charge in [0.2, 0.25) is 15.9 Å². The molecular formula is C20H24N4O7S. The molecule has 1 aliphatic heterocycles. The lowest BCUT2D eigenvalue weighted by atomic mass is 9.98. The minimum Gasteiger partial charge on any atom is -0.462 e. The number of H-pyrrole nitrogens is 2. The highest BCUT2D eigenvalue weighted by atomic mass is 32.2. The van der Waals surface area contributed by atoms with Crippen LogP contribution < -0.4 is 16.6 Å². The summed E-state index contributed by atoms with van der Waals surface area (Å²) in [6, 6.07) is 6.17. The number of carbonyl (C=O) groups is 2. The quantitative estimate of drug-likeness (QED) is 0.528. The van der Waals surface area contributed by atoms with Crippen molar-refractivity contribution >= 4 is 27.6 Å². The van der Waals surface area contributed by atoms with Crippen LogP contribution in [0.4, 0.5) is 5.69 Å². The third kappa shape index (κ3) is 4.97. The number of nitrogens with zero attached hydrogens (tertiary/aromatic N) is 1. The third-order valence-electron chi connectivity index (χ3n) is 5.09. The first kappa shape index (κ1) is 23.4. The summed E-state index contributed by atoms with van der Waals surface area (Å²) in [5, 5.41) is 2.72. The minimum absolute atomic E-state index is 0.0629. The molecule has 172 valence electrons. The van der Waals surface area contributed by atoms with Gasteiger partial charge >= 0.3 is 11.7 Å². The van der Waals surface area contributed by atoms with Gasteiger partial charge in [0.25, 0.3) is 5.56 Å². The summed E-state index contributed by atoms with van der Waals surface area (Å²) in [5.41, 5.74) is -1.06. The number of benzene rings is 1. The van der Waals surface area contributed by atoms with Crippen LogP contribution in [0.25, 0.3) is 0 Å². The van der Waals surface area contributed by atoms with Crippen LogP contribution in [0, 0.1) is 12.8 Å². The Morgan fingerprint density at radius 3 is 2.50 bits per heavy atom. The van der Waals surface area contributed by atoms with Crippen molar-refractivity contribution < 1.29 is 22.7 Å². The Labute approximate surface area is 183 Å². The van der Waals surface area contributed by atoms with Crippen LogP contribution in [-0.2, 0) is 19.6 Å². The predicted octanol–water partition coefficient (Wildman–Crippen LogP) is 0.588. The molecule has 1 amide bonds. The molecule has 1 saturated heterocycles. The molecule has 0 aliphatic carbocycles. The lowest BCUT2D eigenvalue weighted by molar-refractivity contribution is -0.120. The number of esters is 1. The molecule has 1 aromatic carbocycles. The summed E-state index contributed by atoms with van der Waals surface area (Å²) in [7, 11) is -4.21. The van der Waals surface area contributed by atoms with Gasteiger partial charge in [-0.15, -0.1) is 0 Å². The normalized spacial score (nSPS) is 17.0. The van der Waals surface area contributed by atoms with E-state index in [9.17, 15) is 27.6 Å². The molecule has 1 unspecified atom stereocenters. The first-order valence-electron chi connectivity index (χ1n) is 10.0. The van der Waals surface area contributed by atoms with Crippen LogP contribution in [0.3, 0.4) is 0 Å². The molecule has 2 aromatic rings. The number of hydrogen-bond acceptors (Lipinski definition) is 7. The van der Waals surface area contributed by atoms with Gasteiger partial charge in [0.1, 0.15) is 0 Å². The highest BCUT2D eigenvalue weighted by molar-refractivity contribution is 7.89. The molecule has 1 aliphatic rings. The second kappa shape index (κ2) is 9.49. The predicted molar refractivity (Wildman–Crippen MR) is 115 cm³/mol. The Hall–Kier alpha value is -3.25. The van der Waals surface area contributed by atoms with Gasteiger partial charge in [-0.2, -0.15) is 4.31 Å². The van der Waals surface area contributed by atoms with E-state index < -0.39 is 38.1 Å². The average molecular weight is 465 g/mol. The second-order valence-electron chi connectivity index (χ2n) is 7.35. The summed E-state index contributed by atoms with van der Waals surface area (Å²) in [6.07, 6.45) is 0.902. The zero-order valence-corrected chi connectivity index (χ0v) is 18.5. The third-order valence-corrected chi connectivity index (χ3v) is 7.11. The Kier molecular flexibility index (Phi) is 6.94. The van der Waals surface area contributed by atoms with Crippen LogP contribution in [0.1, 0.15) is 35.8 Å². The van der Waals surface area contributed by atoms with Gasteiger partial charge in [0, 0.05) is 24.5 Å². The Bertz CT molecular complexity index is 1230. The van der Waals surface area contributed by atoms with E-state index in [0.717, 1.165) is 4.31 Å². The highest BCUT2D eigenvalue weighted by Gasteiger charge is 2.36. The number of carbonyl (C=O) groups excluding carboxylic acids is 2. The maximum Gasteiger partial charge on any atom is 0.338 e. The number of nitrogens with one attached hydrogen (secondary N) is 3. The second-order valence-corrected chi connectivity index (χ2v) is 9.23. The fourth-order valence-corrected chi connectivity index (χ4v) is 5.28. The van der Waals surface area contributed by atoms with Crippen molar-refractivity contribution in [1.82, 2.24) is 14.3 Å². The average Bonchev–Trinajstić information content (AvgIpc) is 2.73. The molecular weight excluding hydrogens is 440 g/mol. The van der Waals surface area contributed by atoms with E-state index in [2.05, 4.69) is 10.3 Å². The molecule has 1 aromatic heterocycles. The molecule has 1 atom stereocenters. The van der Waals surface area contributed by atoms with Gasteiger partial charge in [0.05, 0.1) is 18.1 Å². The van der Waals surface area contributed by atoms with Crippen LogP contribution in [0.5, 0.6) is 0 Å².